The molecule has 1 saturated heterocycles. The van der Waals surface area contributed by atoms with Gasteiger partial charge in [0.2, 0.25) is 0 Å². The van der Waals surface area contributed by atoms with Crippen LogP contribution < -0.4 is 10.1 Å². The van der Waals surface area contributed by atoms with E-state index >= 15 is 0 Å². The lowest BCUT2D eigenvalue weighted by atomic mass is 9.92. The molecule has 2 rings (SSSR count). The van der Waals surface area contributed by atoms with Gasteiger partial charge in [-0.3, -0.25) is 4.79 Å². The summed E-state index contributed by atoms with van der Waals surface area (Å²) in [4.78, 5) is 22.5. The molecule has 0 aliphatic carbocycles. The molecule has 5 nitrogen and oxygen atoms in total. The summed E-state index contributed by atoms with van der Waals surface area (Å²) in [6.07, 6.45) is 2.44. The largest absolute Gasteiger partial charge is 0.485 e. The Morgan fingerprint density at radius 2 is 2.00 bits per heavy atom. The highest BCUT2D eigenvalue weighted by Crippen LogP contribution is 2.29. The second-order valence-electron chi connectivity index (χ2n) is 5.95. The lowest BCUT2D eigenvalue weighted by molar-refractivity contribution is -0.116. The quantitative estimate of drug-likeness (QED) is 0.813. The van der Waals surface area contributed by atoms with Gasteiger partial charge < -0.3 is 15.2 Å². The Morgan fingerprint density at radius 3 is 2.52 bits per heavy atom. The van der Waals surface area contributed by atoms with Crippen molar-refractivity contribution in [3.8, 4) is 5.75 Å². The average molecular weight is 289 g/mol. The summed E-state index contributed by atoms with van der Waals surface area (Å²) in [6.45, 7) is 5.10. The molecule has 1 aliphatic heterocycles. The highest BCUT2D eigenvalue weighted by atomic mass is 16.5. The van der Waals surface area contributed by atoms with Gasteiger partial charge in [0, 0.05) is 18.3 Å². The molecule has 0 unspecified atom stereocenters. The van der Waals surface area contributed by atoms with Crippen LogP contribution in [0.15, 0.2) is 36.0 Å². The first-order chi connectivity index (χ1) is 9.85. The summed E-state index contributed by atoms with van der Waals surface area (Å²) >= 11 is 0. The normalized spacial score (nSPS) is 18.3. The first-order valence-electron chi connectivity index (χ1n) is 6.79. The predicted molar refractivity (Wildman–Crippen MR) is 78.4 cm³/mol. The summed E-state index contributed by atoms with van der Waals surface area (Å²) in [5.74, 6) is -0.624. The lowest BCUT2D eigenvalue weighted by Crippen LogP contribution is -2.15. The number of allylic oxidation sites excluding steroid dienone is 1. The number of aromatic carboxylic acids is 1. The van der Waals surface area contributed by atoms with E-state index in [1.54, 1.807) is 18.2 Å². The fraction of sp³-hybridized carbons (Fsp3) is 0.375. The zero-order chi connectivity index (χ0) is 15.5. The third-order valence-electron chi connectivity index (χ3n) is 3.28. The van der Waals surface area contributed by atoms with Crippen molar-refractivity contribution in [2.75, 3.05) is 13.2 Å². The van der Waals surface area contributed by atoms with Gasteiger partial charge in [-0.05, 0) is 36.1 Å². The predicted octanol–water partition coefficient (Wildman–Crippen LogP) is 2.24. The maximum Gasteiger partial charge on any atom is 0.335 e. The van der Waals surface area contributed by atoms with E-state index in [0.29, 0.717) is 5.75 Å². The van der Waals surface area contributed by atoms with Crippen molar-refractivity contribution in [2.24, 2.45) is 5.41 Å². The van der Waals surface area contributed by atoms with E-state index in [-0.39, 0.29) is 23.4 Å². The highest BCUT2D eigenvalue weighted by molar-refractivity contribution is 5.91. The molecule has 1 aromatic carbocycles. The van der Waals surface area contributed by atoms with Crippen molar-refractivity contribution in [2.45, 2.75) is 20.3 Å². The Kier molecular flexibility index (Phi) is 4.31. The van der Waals surface area contributed by atoms with E-state index in [0.717, 1.165) is 18.7 Å². The lowest BCUT2D eigenvalue weighted by Gasteiger charge is -2.12. The van der Waals surface area contributed by atoms with Crippen LogP contribution in [0.1, 0.15) is 30.6 Å². The fourth-order valence-corrected chi connectivity index (χ4v) is 2.18. The molecule has 0 atom stereocenters. The summed E-state index contributed by atoms with van der Waals surface area (Å²) in [6, 6.07) is 5.98. The first-order valence-corrected chi connectivity index (χ1v) is 6.79. The second-order valence-corrected chi connectivity index (χ2v) is 5.95. The zero-order valence-corrected chi connectivity index (χ0v) is 12.2. The molecule has 1 fully saturated rings. The molecule has 0 amide bonds. The number of ether oxygens (including phenoxy) is 1. The molecular weight excluding hydrogens is 270 g/mol. The van der Waals surface area contributed by atoms with Crippen LogP contribution in [0.3, 0.4) is 0 Å². The Labute approximate surface area is 123 Å². The van der Waals surface area contributed by atoms with Crippen LogP contribution in [0.4, 0.5) is 0 Å². The maximum atomic E-state index is 11.8. The van der Waals surface area contributed by atoms with E-state index in [1.165, 1.54) is 12.1 Å². The molecule has 0 bridgehead atoms. The van der Waals surface area contributed by atoms with Crippen LogP contribution in [-0.2, 0) is 4.79 Å². The molecular formula is C16H19NO4. The molecule has 0 radical (unpaired) electrons. The number of benzene rings is 1. The molecule has 5 heteroatoms. The van der Waals surface area contributed by atoms with Gasteiger partial charge >= 0.3 is 5.97 Å². The van der Waals surface area contributed by atoms with Gasteiger partial charge in [0.25, 0.3) is 0 Å². The van der Waals surface area contributed by atoms with Crippen LogP contribution in [0.2, 0.25) is 0 Å². The van der Waals surface area contributed by atoms with Crippen molar-refractivity contribution in [1.82, 2.24) is 5.32 Å². The minimum Gasteiger partial charge on any atom is -0.485 e. The third kappa shape index (κ3) is 4.34. The molecule has 0 spiro atoms. The summed E-state index contributed by atoms with van der Waals surface area (Å²) in [7, 11) is 0. The Morgan fingerprint density at radius 1 is 1.33 bits per heavy atom. The average Bonchev–Trinajstić information content (AvgIpc) is 2.76. The zero-order valence-electron chi connectivity index (χ0n) is 12.2. The number of carbonyl (C=O) groups is 2. The molecule has 21 heavy (non-hydrogen) atoms. The van der Waals surface area contributed by atoms with Gasteiger partial charge in [-0.25, -0.2) is 4.79 Å². The Balaban J connectivity index is 1.87. The smallest absolute Gasteiger partial charge is 0.335 e. The minimum absolute atomic E-state index is 0.0575. The number of hydrogen-bond acceptors (Lipinski definition) is 4. The minimum atomic E-state index is -0.989. The van der Waals surface area contributed by atoms with Crippen molar-refractivity contribution >= 4 is 11.8 Å². The van der Waals surface area contributed by atoms with Crippen LogP contribution >= 0.6 is 0 Å². The number of carboxylic acids is 1. The summed E-state index contributed by atoms with van der Waals surface area (Å²) in [5, 5.41) is 12.0. The fourth-order valence-electron chi connectivity index (χ4n) is 2.18. The summed E-state index contributed by atoms with van der Waals surface area (Å²) < 4.78 is 5.35. The highest BCUT2D eigenvalue weighted by Gasteiger charge is 2.26. The van der Waals surface area contributed by atoms with Gasteiger partial charge in [0.15, 0.2) is 12.4 Å². The van der Waals surface area contributed by atoms with Crippen molar-refractivity contribution in [1.29, 1.82) is 0 Å². The molecule has 112 valence electrons. The molecule has 0 saturated carbocycles. The maximum absolute atomic E-state index is 11.8. The number of carboxylic acid groups (broad SMARTS) is 1. The van der Waals surface area contributed by atoms with Gasteiger partial charge in [0.05, 0.1) is 5.56 Å². The first kappa shape index (κ1) is 15.1. The second kappa shape index (κ2) is 5.99. The Hall–Kier alpha value is -2.30. The van der Waals surface area contributed by atoms with Gasteiger partial charge in [-0.15, -0.1) is 0 Å². The van der Waals surface area contributed by atoms with Crippen LogP contribution in [0.5, 0.6) is 5.75 Å². The molecule has 1 aromatic rings. The number of carbonyl (C=O) groups excluding carboxylic acids is 1. The molecule has 2 N–H and O–H groups in total. The van der Waals surface area contributed by atoms with E-state index in [2.05, 4.69) is 19.2 Å². The van der Waals surface area contributed by atoms with E-state index < -0.39 is 5.97 Å². The SMILES string of the molecule is CC1(C)CN/C(=C\C(=O)COc2ccc(C(=O)O)cc2)C1. The van der Waals surface area contributed by atoms with E-state index in [4.69, 9.17) is 9.84 Å². The van der Waals surface area contributed by atoms with Gasteiger partial charge in [-0.1, -0.05) is 13.8 Å². The van der Waals surface area contributed by atoms with Gasteiger partial charge in [0.1, 0.15) is 5.75 Å². The van der Waals surface area contributed by atoms with Crippen molar-refractivity contribution < 1.29 is 19.4 Å². The van der Waals surface area contributed by atoms with Crippen LogP contribution in [-0.4, -0.2) is 30.0 Å². The van der Waals surface area contributed by atoms with Crippen molar-refractivity contribution in [3.63, 3.8) is 0 Å². The number of ketones is 1. The molecule has 1 heterocycles. The Bertz CT molecular complexity index is 572. The van der Waals surface area contributed by atoms with E-state index in [1.807, 2.05) is 0 Å². The monoisotopic (exact) mass is 289 g/mol. The topological polar surface area (TPSA) is 75.6 Å². The van der Waals surface area contributed by atoms with Crippen LogP contribution in [0, 0.1) is 5.41 Å². The van der Waals surface area contributed by atoms with Crippen LogP contribution in [0.25, 0.3) is 0 Å². The molecule has 0 aromatic heterocycles. The number of hydrogen-bond donors (Lipinski definition) is 2. The number of rotatable bonds is 5. The van der Waals surface area contributed by atoms with E-state index in [9.17, 15) is 9.59 Å². The molecule has 1 aliphatic rings. The third-order valence-corrected chi connectivity index (χ3v) is 3.28. The summed E-state index contributed by atoms with van der Waals surface area (Å²) in [5.41, 5.74) is 1.31. The van der Waals surface area contributed by atoms with Crippen molar-refractivity contribution in [3.05, 3.63) is 41.6 Å². The number of nitrogens with one attached hydrogen (secondary N) is 1. The standard InChI is InChI=1S/C16H19NO4/c1-16(2)8-12(17-10-16)7-13(18)9-21-14-5-3-11(4-6-14)15(19)20/h3-7,17H,8-10H2,1-2H3,(H,19,20)/b12-7-. The van der Waals surface area contributed by atoms with Gasteiger partial charge in [-0.2, -0.15) is 0 Å².